The second kappa shape index (κ2) is 6.02. The van der Waals surface area contributed by atoms with Crippen LogP contribution >= 0.6 is 0 Å². The lowest BCUT2D eigenvalue weighted by atomic mass is 10.0. The molecule has 0 bridgehead atoms. The lowest BCUT2D eigenvalue weighted by molar-refractivity contribution is -0.305. The Kier molecular flexibility index (Phi) is 4.44. The molecule has 0 radical (unpaired) electrons. The summed E-state index contributed by atoms with van der Waals surface area (Å²) in [5.74, 6) is -5.85. The van der Waals surface area contributed by atoms with Gasteiger partial charge in [-0.1, -0.05) is 18.2 Å². The highest BCUT2D eigenvalue weighted by Gasteiger charge is 2.64. The fourth-order valence-corrected chi connectivity index (χ4v) is 1.78. The van der Waals surface area contributed by atoms with Gasteiger partial charge in [-0.25, -0.2) is 4.39 Å². The van der Waals surface area contributed by atoms with Crippen LogP contribution in [-0.4, -0.2) is 12.1 Å². The molecule has 2 aromatic carbocycles. The quantitative estimate of drug-likeness (QED) is 0.610. The Morgan fingerprint density at radius 3 is 2.00 bits per heavy atom. The molecule has 2 nitrogen and oxygen atoms in total. The molecule has 0 fully saturated rings. The predicted molar refractivity (Wildman–Crippen MR) is 72.2 cm³/mol. The monoisotopic (exact) mass is 335 g/mol. The first-order chi connectivity index (χ1) is 10.6. The molecular formula is C15H11F6NO. The first-order valence-electron chi connectivity index (χ1n) is 6.34. The molecule has 1 unspecified atom stereocenters. The highest BCUT2D eigenvalue weighted by molar-refractivity contribution is 5.45. The Bertz CT molecular complexity index is 668. The van der Waals surface area contributed by atoms with Gasteiger partial charge in [-0.3, -0.25) is 0 Å². The van der Waals surface area contributed by atoms with Gasteiger partial charge in [0.2, 0.25) is 6.17 Å². The fraction of sp³-hybridized carbons (Fsp3) is 0.200. The zero-order valence-electron chi connectivity index (χ0n) is 11.4. The molecule has 23 heavy (non-hydrogen) atoms. The van der Waals surface area contributed by atoms with Crippen LogP contribution in [0.3, 0.4) is 0 Å². The maximum atomic E-state index is 13.9. The molecule has 1 atom stereocenters. The number of hydrogen-bond donors (Lipinski definition) is 1. The first kappa shape index (κ1) is 17.0. The number of rotatable bonds is 4. The molecule has 0 aromatic heterocycles. The standard InChI is InChI=1S/C15H11F6NO/c16-13(14(17,18)15(19,20)21)11-3-1-2-4-12(11)23-10-7-5-9(22)6-8-10/h1-8,13H,22H2. The maximum Gasteiger partial charge on any atom is 0.456 e. The number of para-hydroxylation sites is 1. The van der Waals surface area contributed by atoms with Crippen LogP contribution in [0.5, 0.6) is 11.5 Å². The third-order valence-electron chi connectivity index (χ3n) is 3.00. The zero-order valence-corrected chi connectivity index (χ0v) is 11.4. The van der Waals surface area contributed by atoms with Crippen LogP contribution in [0.4, 0.5) is 32.0 Å². The van der Waals surface area contributed by atoms with Crippen molar-refractivity contribution in [1.29, 1.82) is 0 Å². The molecule has 2 rings (SSSR count). The van der Waals surface area contributed by atoms with E-state index in [1.54, 1.807) is 0 Å². The van der Waals surface area contributed by atoms with Crippen molar-refractivity contribution in [2.24, 2.45) is 0 Å². The minimum absolute atomic E-state index is 0.120. The molecule has 0 aliphatic heterocycles. The van der Waals surface area contributed by atoms with Gasteiger partial charge in [0.1, 0.15) is 11.5 Å². The lowest BCUT2D eigenvalue weighted by Crippen LogP contribution is -2.40. The minimum Gasteiger partial charge on any atom is -0.457 e. The average Bonchev–Trinajstić information content (AvgIpc) is 2.48. The number of hydrogen-bond acceptors (Lipinski definition) is 2. The molecule has 0 amide bonds. The number of nitrogens with two attached hydrogens (primary N) is 1. The smallest absolute Gasteiger partial charge is 0.456 e. The van der Waals surface area contributed by atoms with Gasteiger partial charge in [-0.2, -0.15) is 22.0 Å². The van der Waals surface area contributed by atoms with Gasteiger partial charge >= 0.3 is 12.1 Å². The Hall–Kier alpha value is -2.38. The normalized spacial score (nSPS) is 13.7. The summed E-state index contributed by atoms with van der Waals surface area (Å²) in [7, 11) is 0. The number of nitrogen functional groups attached to an aromatic ring is 1. The van der Waals surface area contributed by atoms with Gasteiger partial charge in [-0.15, -0.1) is 0 Å². The van der Waals surface area contributed by atoms with Gasteiger partial charge in [0, 0.05) is 11.3 Å². The largest absolute Gasteiger partial charge is 0.457 e. The predicted octanol–water partition coefficient (Wildman–Crippen LogP) is 5.27. The molecule has 0 saturated heterocycles. The van der Waals surface area contributed by atoms with Gasteiger partial charge in [0.05, 0.1) is 0 Å². The third kappa shape index (κ3) is 3.52. The summed E-state index contributed by atoms with van der Waals surface area (Å²) >= 11 is 0. The number of ether oxygens (including phenoxy) is 1. The van der Waals surface area contributed by atoms with E-state index in [0.29, 0.717) is 5.69 Å². The lowest BCUT2D eigenvalue weighted by Gasteiger charge is -2.24. The zero-order chi connectivity index (χ0) is 17.3. The van der Waals surface area contributed by atoms with E-state index < -0.39 is 29.6 Å². The molecule has 2 N–H and O–H groups in total. The molecule has 124 valence electrons. The summed E-state index contributed by atoms with van der Waals surface area (Å²) in [6.45, 7) is 0. The third-order valence-corrected chi connectivity index (χ3v) is 3.00. The van der Waals surface area contributed by atoms with E-state index in [9.17, 15) is 26.3 Å². The number of alkyl halides is 6. The molecule has 0 aliphatic carbocycles. The topological polar surface area (TPSA) is 35.2 Å². The average molecular weight is 335 g/mol. The molecule has 0 spiro atoms. The maximum absolute atomic E-state index is 13.9. The van der Waals surface area contributed by atoms with Gasteiger partial charge in [-0.05, 0) is 30.3 Å². The summed E-state index contributed by atoms with van der Waals surface area (Å²) in [5, 5.41) is 0. The van der Waals surface area contributed by atoms with E-state index in [1.165, 1.54) is 30.3 Å². The van der Waals surface area contributed by atoms with Crippen molar-refractivity contribution in [2.75, 3.05) is 5.73 Å². The van der Waals surface area contributed by atoms with Crippen LogP contribution in [0.2, 0.25) is 0 Å². The van der Waals surface area contributed by atoms with E-state index >= 15 is 0 Å². The summed E-state index contributed by atoms with van der Waals surface area (Å²) in [6, 6.07) is 10.0. The van der Waals surface area contributed by atoms with Crippen molar-refractivity contribution in [3.05, 3.63) is 54.1 Å². The van der Waals surface area contributed by atoms with E-state index in [-0.39, 0.29) is 5.75 Å². The molecule has 0 aliphatic rings. The molecule has 0 saturated carbocycles. The van der Waals surface area contributed by atoms with Crippen molar-refractivity contribution in [3.8, 4) is 11.5 Å². The van der Waals surface area contributed by atoms with Crippen LogP contribution in [0.1, 0.15) is 11.7 Å². The summed E-state index contributed by atoms with van der Waals surface area (Å²) < 4.78 is 82.5. The second-order valence-corrected chi connectivity index (χ2v) is 4.69. The first-order valence-corrected chi connectivity index (χ1v) is 6.34. The Labute approximate surface area is 127 Å². The van der Waals surface area contributed by atoms with Gasteiger partial charge < -0.3 is 10.5 Å². The molecule has 8 heteroatoms. The second-order valence-electron chi connectivity index (χ2n) is 4.69. The van der Waals surface area contributed by atoms with Crippen LogP contribution < -0.4 is 10.5 Å². The number of benzene rings is 2. The molecule has 2 aromatic rings. The van der Waals surface area contributed by atoms with Crippen molar-refractivity contribution in [2.45, 2.75) is 18.3 Å². The van der Waals surface area contributed by atoms with Crippen molar-refractivity contribution >= 4 is 5.69 Å². The van der Waals surface area contributed by atoms with Crippen LogP contribution in [-0.2, 0) is 0 Å². The van der Waals surface area contributed by atoms with E-state index in [0.717, 1.165) is 18.2 Å². The number of halogens is 6. The van der Waals surface area contributed by atoms with Crippen LogP contribution in [0.15, 0.2) is 48.5 Å². The van der Waals surface area contributed by atoms with E-state index in [1.807, 2.05) is 0 Å². The Balaban J connectivity index is 2.35. The summed E-state index contributed by atoms with van der Waals surface area (Å²) in [4.78, 5) is 0. The number of anilines is 1. The fourth-order valence-electron chi connectivity index (χ4n) is 1.78. The highest BCUT2D eigenvalue weighted by Crippen LogP contribution is 2.48. The van der Waals surface area contributed by atoms with E-state index in [2.05, 4.69) is 0 Å². The molecule has 0 heterocycles. The Morgan fingerprint density at radius 1 is 0.870 bits per heavy atom. The molecular weight excluding hydrogens is 324 g/mol. The summed E-state index contributed by atoms with van der Waals surface area (Å²) in [6.07, 6.45) is -9.60. The van der Waals surface area contributed by atoms with Crippen molar-refractivity contribution in [3.63, 3.8) is 0 Å². The van der Waals surface area contributed by atoms with Crippen LogP contribution in [0, 0.1) is 0 Å². The minimum atomic E-state index is -6.01. The summed E-state index contributed by atoms with van der Waals surface area (Å²) in [5.41, 5.74) is 4.97. The van der Waals surface area contributed by atoms with E-state index in [4.69, 9.17) is 10.5 Å². The Morgan fingerprint density at radius 2 is 1.43 bits per heavy atom. The van der Waals surface area contributed by atoms with Gasteiger partial charge in [0.25, 0.3) is 0 Å². The van der Waals surface area contributed by atoms with Crippen LogP contribution in [0.25, 0.3) is 0 Å². The SMILES string of the molecule is Nc1ccc(Oc2ccccc2C(F)C(F)(F)C(F)(F)F)cc1. The highest BCUT2D eigenvalue weighted by atomic mass is 19.4. The van der Waals surface area contributed by atoms with Crippen molar-refractivity contribution in [1.82, 2.24) is 0 Å². The van der Waals surface area contributed by atoms with Crippen molar-refractivity contribution < 1.29 is 31.1 Å². The van der Waals surface area contributed by atoms with Gasteiger partial charge in [0.15, 0.2) is 0 Å².